The van der Waals surface area contributed by atoms with E-state index in [-0.39, 0.29) is 17.8 Å². The van der Waals surface area contributed by atoms with Gasteiger partial charge in [0.05, 0.1) is 5.41 Å². The van der Waals surface area contributed by atoms with Crippen LogP contribution in [-0.4, -0.2) is 22.4 Å². The van der Waals surface area contributed by atoms with E-state index in [0.29, 0.717) is 12.1 Å². The molecule has 1 amide bonds. The minimum absolute atomic E-state index is 0.000697. The van der Waals surface area contributed by atoms with Crippen LogP contribution in [0, 0.1) is 11.2 Å². The highest BCUT2D eigenvalue weighted by molar-refractivity contribution is 5.84. The highest BCUT2D eigenvalue weighted by Crippen LogP contribution is 2.37. The molecule has 0 heterocycles. The van der Waals surface area contributed by atoms with Crippen LogP contribution in [0.15, 0.2) is 24.3 Å². The van der Waals surface area contributed by atoms with E-state index in [2.05, 4.69) is 0 Å². The Morgan fingerprint density at radius 1 is 1.29 bits per heavy atom. The highest BCUT2D eigenvalue weighted by Gasteiger charge is 2.46. The first-order valence-electron chi connectivity index (χ1n) is 7.48. The monoisotopic (exact) mass is 292 g/mol. The first-order valence-corrected chi connectivity index (χ1v) is 7.48. The van der Waals surface area contributed by atoms with Gasteiger partial charge in [0.2, 0.25) is 5.91 Å². The van der Waals surface area contributed by atoms with Crippen molar-refractivity contribution in [2.75, 3.05) is 0 Å². The van der Waals surface area contributed by atoms with Crippen molar-refractivity contribution in [3.63, 3.8) is 0 Å². The largest absolute Gasteiger partial charge is 0.335 e. The molecule has 4 heteroatoms. The van der Waals surface area contributed by atoms with Crippen LogP contribution in [0.3, 0.4) is 0 Å². The molecule has 1 aromatic rings. The van der Waals surface area contributed by atoms with E-state index in [1.807, 2.05) is 27.7 Å². The van der Waals surface area contributed by atoms with Gasteiger partial charge in [-0.15, -0.1) is 0 Å². The van der Waals surface area contributed by atoms with Gasteiger partial charge in [-0.3, -0.25) is 4.79 Å². The Hall–Kier alpha value is -1.42. The molecule has 0 unspecified atom stereocenters. The number of halogens is 1. The fourth-order valence-electron chi connectivity index (χ4n) is 2.20. The zero-order chi connectivity index (χ0) is 15.8. The summed E-state index contributed by atoms with van der Waals surface area (Å²) in [6.07, 6.45) is 1.97. The number of hydrogen-bond donors (Lipinski definition) is 1. The van der Waals surface area contributed by atoms with Crippen molar-refractivity contribution in [2.24, 2.45) is 11.1 Å². The van der Waals surface area contributed by atoms with E-state index >= 15 is 0 Å². The maximum atomic E-state index is 13.9. The Kier molecular flexibility index (Phi) is 4.11. The van der Waals surface area contributed by atoms with Crippen LogP contribution in [0.2, 0.25) is 0 Å². The summed E-state index contributed by atoms with van der Waals surface area (Å²) in [6, 6.07) is 6.85. The van der Waals surface area contributed by atoms with E-state index < -0.39 is 11.0 Å². The molecule has 1 aliphatic rings. The second-order valence-electron chi connectivity index (χ2n) is 7.10. The molecule has 116 valence electrons. The second kappa shape index (κ2) is 5.41. The Bertz CT molecular complexity index is 530. The van der Waals surface area contributed by atoms with Crippen molar-refractivity contribution in [1.82, 2.24) is 4.90 Å². The van der Waals surface area contributed by atoms with Crippen LogP contribution in [0.25, 0.3) is 0 Å². The van der Waals surface area contributed by atoms with E-state index in [0.717, 1.165) is 12.8 Å². The number of hydrogen-bond acceptors (Lipinski definition) is 2. The SMILES string of the molecule is CC(C)(N)C(C)(C)C(=O)N(Cc1ccccc1F)C1CC1. The Labute approximate surface area is 126 Å². The number of nitrogens with two attached hydrogens (primary N) is 1. The number of amides is 1. The molecule has 2 N–H and O–H groups in total. The van der Waals surface area contributed by atoms with Crippen molar-refractivity contribution in [3.05, 3.63) is 35.6 Å². The molecule has 2 rings (SSSR count). The quantitative estimate of drug-likeness (QED) is 0.906. The number of benzene rings is 1. The lowest BCUT2D eigenvalue weighted by atomic mass is 9.74. The third kappa shape index (κ3) is 3.26. The summed E-state index contributed by atoms with van der Waals surface area (Å²) in [5.41, 5.74) is 5.41. The summed E-state index contributed by atoms with van der Waals surface area (Å²) in [6.45, 7) is 7.77. The van der Waals surface area contributed by atoms with Gasteiger partial charge in [-0.2, -0.15) is 0 Å². The van der Waals surface area contributed by atoms with Crippen LogP contribution in [-0.2, 0) is 11.3 Å². The average Bonchev–Trinajstić information content (AvgIpc) is 3.20. The van der Waals surface area contributed by atoms with Crippen LogP contribution in [0.5, 0.6) is 0 Å². The number of nitrogens with zero attached hydrogens (tertiary/aromatic N) is 1. The van der Waals surface area contributed by atoms with Gasteiger partial charge in [-0.1, -0.05) is 18.2 Å². The molecule has 0 radical (unpaired) electrons. The predicted octanol–water partition coefficient (Wildman–Crippen LogP) is 3.08. The lowest BCUT2D eigenvalue weighted by Crippen LogP contribution is -2.56. The third-order valence-electron chi connectivity index (χ3n) is 4.69. The molecule has 1 fully saturated rings. The summed E-state index contributed by atoms with van der Waals surface area (Å²) in [5.74, 6) is -0.262. The highest BCUT2D eigenvalue weighted by atomic mass is 19.1. The van der Waals surface area contributed by atoms with Crippen molar-refractivity contribution in [1.29, 1.82) is 0 Å². The zero-order valence-electron chi connectivity index (χ0n) is 13.3. The van der Waals surface area contributed by atoms with Crippen molar-refractivity contribution in [3.8, 4) is 0 Å². The Morgan fingerprint density at radius 3 is 2.33 bits per heavy atom. The third-order valence-corrected chi connectivity index (χ3v) is 4.69. The van der Waals surface area contributed by atoms with Crippen LogP contribution in [0.4, 0.5) is 4.39 Å². The molecule has 21 heavy (non-hydrogen) atoms. The Balaban J connectivity index is 2.24. The van der Waals surface area contributed by atoms with E-state index in [4.69, 9.17) is 5.73 Å². The van der Waals surface area contributed by atoms with Crippen molar-refractivity contribution >= 4 is 5.91 Å². The summed E-state index contributed by atoms with van der Waals surface area (Å²) in [7, 11) is 0. The smallest absolute Gasteiger partial charge is 0.230 e. The molecule has 0 aliphatic heterocycles. The van der Waals surface area contributed by atoms with Crippen molar-refractivity contribution < 1.29 is 9.18 Å². The van der Waals surface area contributed by atoms with E-state index in [9.17, 15) is 9.18 Å². The van der Waals surface area contributed by atoms with Gasteiger partial charge < -0.3 is 10.6 Å². The van der Waals surface area contributed by atoms with Gasteiger partial charge in [0.15, 0.2) is 0 Å². The van der Waals surface area contributed by atoms with Gasteiger partial charge in [0.1, 0.15) is 5.82 Å². The maximum absolute atomic E-state index is 13.9. The first-order chi connectivity index (χ1) is 9.64. The van der Waals surface area contributed by atoms with Crippen LogP contribution >= 0.6 is 0 Å². The fraction of sp³-hybridized carbons (Fsp3) is 0.588. The Morgan fingerprint density at radius 2 is 1.86 bits per heavy atom. The molecule has 3 nitrogen and oxygen atoms in total. The van der Waals surface area contributed by atoms with Crippen molar-refractivity contribution in [2.45, 2.75) is 58.7 Å². The van der Waals surface area contributed by atoms with Gasteiger partial charge >= 0.3 is 0 Å². The first kappa shape index (κ1) is 16.0. The maximum Gasteiger partial charge on any atom is 0.230 e. The molecule has 1 aromatic carbocycles. The molecule has 0 spiro atoms. The van der Waals surface area contributed by atoms with E-state index in [1.54, 1.807) is 23.1 Å². The normalized spacial score (nSPS) is 15.9. The molecule has 0 saturated heterocycles. The molecule has 1 saturated carbocycles. The topological polar surface area (TPSA) is 46.3 Å². The minimum atomic E-state index is -0.694. The van der Waals surface area contributed by atoms with Gasteiger partial charge in [0, 0.05) is 23.7 Å². The minimum Gasteiger partial charge on any atom is -0.335 e. The molecule has 0 aromatic heterocycles. The second-order valence-corrected chi connectivity index (χ2v) is 7.10. The van der Waals surface area contributed by atoms with E-state index in [1.165, 1.54) is 6.07 Å². The molecular weight excluding hydrogens is 267 g/mol. The summed E-state index contributed by atoms with van der Waals surface area (Å²) in [5, 5.41) is 0. The number of carbonyl (C=O) groups excluding carboxylic acids is 1. The average molecular weight is 292 g/mol. The zero-order valence-corrected chi connectivity index (χ0v) is 13.3. The van der Waals surface area contributed by atoms with Gasteiger partial charge in [-0.05, 0) is 46.6 Å². The lowest BCUT2D eigenvalue weighted by molar-refractivity contribution is -0.144. The summed E-state index contributed by atoms with van der Waals surface area (Å²) < 4.78 is 13.9. The number of rotatable bonds is 5. The van der Waals surface area contributed by atoms with Crippen LogP contribution < -0.4 is 5.73 Å². The molecule has 0 atom stereocenters. The summed E-state index contributed by atoms with van der Waals surface area (Å²) in [4.78, 5) is 14.7. The molecular formula is C17H25FN2O. The molecule has 0 bridgehead atoms. The van der Waals surface area contributed by atoms with Crippen LogP contribution in [0.1, 0.15) is 46.1 Å². The van der Waals surface area contributed by atoms with Gasteiger partial charge in [0.25, 0.3) is 0 Å². The fourth-order valence-corrected chi connectivity index (χ4v) is 2.20. The number of carbonyl (C=O) groups is 1. The summed E-state index contributed by atoms with van der Waals surface area (Å²) >= 11 is 0. The van der Waals surface area contributed by atoms with Gasteiger partial charge in [-0.25, -0.2) is 4.39 Å². The molecule has 1 aliphatic carbocycles. The standard InChI is InChI=1S/C17H25FN2O/c1-16(2,17(3,4)19)15(21)20(13-9-10-13)11-12-7-5-6-8-14(12)18/h5-8,13H,9-11,19H2,1-4H3. The predicted molar refractivity (Wildman–Crippen MR) is 82.0 cm³/mol. The lowest BCUT2D eigenvalue weighted by Gasteiger charge is -2.41.